The summed E-state index contributed by atoms with van der Waals surface area (Å²) in [5.41, 5.74) is -4.30. The Morgan fingerprint density at radius 1 is 1.50 bits per heavy atom. The lowest BCUT2D eigenvalue weighted by molar-refractivity contribution is -0.143. The molecule has 0 saturated carbocycles. The van der Waals surface area contributed by atoms with Crippen molar-refractivity contribution in [3.05, 3.63) is 28.6 Å². The van der Waals surface area contributed by atoms with Gasteiger partial charge in [0.1, 0.15) is 6.07 Å². The zero-order valence-electron chi connectivity index (χ0n) is 9.96. The van der Waals surface area contributed by atoms with Crippen molar-refractivity contribution in [3.8, 4) is 6.07 Å². The van der Waals surface area contributed by atoms with Gasteiger partial charge in [0.15, 0.2) is 5.69 Å². The number of esters is 1. The Labute approximate surface area is 109 Å². The van der Waals surface area contributed by atoms with Crippen LogP contribution in [-0.4, -0.2) is 18.1 Å². The Balaban J connectivity index is 3.48. The van der Waals surface area contributed by atoms with Crippen LogP contribution in [0.4, 0.5) is 22.0 Å². The van der Waals surface area contributed by atoms with Crippen LogP contribution in [0.15, 0.2) is 6.07 Å². The molecule has 0 atom stereocenters. The summed E-state index contributed by atoms with van der Waals surface area (Å²) in [6.07, 6.45) is -9.00. The monoisotopic (exact) mass is 294 g/mol. The number of pyridine rings is 1. The third kappa shape index (κ3) is 3.40. The number of nitrogens with zero attached hydrogens (tertiary/aromatic N) is 2. The van der Waals surface area contributed by atoms with Crippen LogP contribution in [0, 0.1) is 11.3 Å². The number of rotatable bonds is 3. The van der Waals surface area contributed by atoms with Crippen molar-refractivity contribution >= 4 is 5.97 Å². The molecule has 9 heteroatoms. The van der Waals surface area contributed by atoms with E-state index >= 15 is 0 Å². The molecule has 0 N–H and O–H groups in total. The first-order valence-electron chi connectivity index (χ1n) is 5.06. The molecular weight excluding hydrogens is 287 g/mol. The number of nitriles is 1. The first kappa shape index (κ1) is 15.8. The molecule has 0 aliphatic carbocycles. The van der Waals surface area contributed by atoms with Gasteiger partial charge in [-0.25, -0.2) is 13.8 Å². The summed E-state index contributed by atoms with van der Waals surface area (Å²) in [5.74, 6) is -1.02. The lowest BCUT2D eigenvalue weighted by atomic mass is 10.1. The molecule has 1 aromatic heterocycles. The van der Waals surface area contributed by atoms with E-state index in [1.54, 1.807) is 0 Å². The van der Waals surface area contributed by atoms with Crippen molar-refractivity contribution in [2.75, 3.05) is 7.11 Å². The largest absolute Gasteiger partial charge is 0.469 e. The molecule has 0 aromatic carbocycles. The topological polar surface area (TPSA) is 63.0 Å². The number of hydrogen-bond acceptors (Lipinski definition) is 4. The normalized spacial score (nSPS) is 11.3. The van der Waals surface area contributed by atoms with E-state index in [1.807, 2.05) is 0 Å². The smallest absolute Gasteiger partial charge is 0.434 e. The molecule has 0 aliphatic rings. The number of methoxy groups -OCH3 is 1. The number of carbonyl (C=O) groups is 1. The zero-order chi connectivity index (χ0) is 15.5. The predicted octanol–water partition coefficient (Wildman–Crippen LogP) is 2.63. The molecule has 1 rings (SSSR count). The molecule has 0 amide bonds. The van der Waals surface area contributed by atoms with Gasteiger partial charge < -0.3 is 4.74 Å². The van der Waals surface area contributed by atoms with Crippen molar-refractivity contribution < 1.29 is 31.5 Å². The molecule has 0 radical (unpaired) electrons. The molecule has 0 unspecified atom stereocenters. The maximum atomic E-state index is 12.7. The molecule has 1 heterocycles. The lowest BCUT2D eigenvalue weighted by Crippen LogP contribution is -2.17. The van der Waals surface area contributed by atoms with Crippen molar-refractivity contribution in [2.24, 2.45) is 0 Å². The van der Waals surface area contributed by atoms with E-state index in [1.165, 1.54) is 0 Å². The highest BCUT2D eigenvalue weighted by Crippen LogP contribution is 2.33. The van der Waals surface area contributed by atoms with E-state index in [-0.39, 0.29) is 0 Å². The minimum absolute atomic E-state index is 0.388. The molecule has 20 heavy (non-hydrogen) atoms. The van der Waals surface area contributed by atoms with E-state index in [4.69, 9.17) is 5.26 Å². The number of halogens is 5. The van der Waals surface area contributed by atoms with E-state index in [9.17, 15) is 26.7 Å². The quantitative estimate of drug-likeness (QED) is 0.635. The Morgan fingerprint density at radius 3 is 2.50 bits per heavy atom. The van der Waals surface area contributed by atoms with Crippen molar-refractivity contribution in [3.63, 3.8) is 0 Å². The van der Waals surface area contributed by atoms with Gasteiger partial charge in [-0.2, -0.15) is 18.4 Å². The molecule has 0 bridgehead atoms. The van der Waals surface area contributed by atoms with Gasteiger partial charge in [-0.1, -0.05) is 0 Å². The van der Waals surface area contributed by atoms with Gasteiger partial charge in [0.2, 0.25) is 0 Å². The van der Waals surface area contributed by atoms with Crippen molar-refractivity contribution in [2.45, 2.75) is 19.0 Å². The average Bonchev–Trinajstić information content (AvgIpc) is 2.36. The number of alkyl halides is 5. The van der Waals surface area contributed by atoms with E-state index in [0.717, 1.165) is 13.2 Å². The predicted molar refractivity (Wildman–Crippen MR) is 54.6 cm³/mol. The van der Waals surface area contributed by atoms with Gasteiger partial charge in [0, 0.05) is 5.56 Å². The van der Waals surface area contributed by atoms with Gasteiger partial charge in [-0.15, -0.1) is 0 Å². The fourth-order valence-electron chi connectivity index (χ4n) is 1.41. The fourth-order valence-corrected chi connectivity index (χ4v) is 1.41. The lowest BCUT2D eigenvalue weighted by Gasteiger charge is -2.13. The number of carbonyl (C=O) groups excluding carboxylic acids is 1. The Morgan fingerprint density at radius 2 is 2.10 bits per heavy atom. The highest BCUT2D eigenvalue weighted by molar-refractivity contribution is 5.72. The first-order valence-corrected chi connectivity index (χ1v) is 5.06. The van der Waals surface area contributed by atoms with Crippen molar-refractivity contribution in [1.82, 2.24) is 4.98 Å². The van der Waals surface area contributed by atoms with E-state index < -0.39 is 47.5 Å². The molecule has 0 spiro atoms. The van der Waals surface area contributed by atoms with Crippen LogP contribution in [-0.2, 0) is 22.1 Å². The van der Waals surface area contributed by atoms with Crippen LogP contribution in [0.3, 0.4) is 0 Å². The second-order valence-electron chi connectivity index (χ2n) is 3.58. The molecule has 1 aromatic rings. The minimum Gasteiger partial charge on any atom is -0.469 e. The number of ether oxygens (including phenoxy) is 1. The Kier molecular flexibility index (Phi) is 4.60. The first-order chi connectivity index (χ1) is 9.20. The third-order valence-electron chi connectivity index (χ3n) is 2.30. The summed E-state index contributed by atoms with van der Waals surface area (Å²) >= 11 is 0. The molecule has 108 valence electrons. The molecule has 0 fully saturated rings. The van der Waals surface area contributed by atoms with Crippen LogP contribution in [0.2, 0.25) is 0 Å². The maximum absolute atomic E-state index is 12.7. The highest BCUT2D eigenvalue weighted by atomic mass is 19.4. The highest BCUT2D eigenvalue weighted by Gasteiger charge is 2.37. The summed E-state index contributed by atoms with van der Waals surface area (Å²) < 4.78 is 67.6. The van der Waals surface area contributed by atoms with Crippen molar-refractivity contribution in [1.29, 1.82) is 5.26 Å². The second kappa shape index (κ2) is 5.81. The van der Waals surface area contributed by atoms with E-state index in [2.05, 4.69) is 9.72 Å². The second-order valence-corrected chi connectivity index (χ2v) is 3.58. The summed E-state index contributed by atoms with van der Waals surface area (Å²) in [6.45, 7) is 0. The Bertz CT molecular complexity index is 563. The average molecular weight is 294 g/mol. The maximum Gasteiger partial charge on any atom is 0.434 e. The van der Waals surface area contributed by atoms with Crippen LogP contribution in [0.1, 0.15) is 28.9 Å². The van der Waals surface area contributed by atoms with Gasteiger partial charge in [0.05, 0.1) is 24.8 Å². The number of hydrogen-bond donors (Lipinski definition) is 0. The van der Waals surface area contributed by atoms with Gasteiger partial charge in [-0.05, 0) is 6.07 Å². The molecule has 0 saturated heterocycles. The van der Waals surface area contributed by atoms with Crippen LogP contribution in [0.5, 0.6) is 0 Å². The SMILES string of the molecule is COC(=O)Cc1nc(C(F)(F)F)c(C#N)cc1C(F)F. The zero-order valence-corrected chi connectivity index (χ0v) is 9.96. The van der Waals surface area contributed by atoms with Gasteiger partial charge >= 0.3 is 12.1 Å². The summed E-state index contributed by atoms with van der Waals surface area (Å²) in [6, 6.07) is 1.55. The molecular formula is C11H7F5N2O2. The number of aromatic nitrogens is 1. The molecule has 0 aliphatic heterocycles. The van der Waals surface area contributed by atoms with Crippen LogP contribution < -0.4 is 0 Å². The third-order valence-corrected chi connectivity index (χ3v) is 2.30. The van der Waals surface area contributed by atoms with E-state index in [0.29, 0.717) is 6.07 Å². The minimum atomic E-state index is -4.99. The fraction of sp³-hybridized carbons (Fsp3) is 0.364. The van der Waals surface area contributed by atoms with Gasteiger partial charge in [0.25, 0.3) is 6.43 Å². The standard InChI is InChI=1S/C11H7F5N2O2/c1-20-8(19)3-7-6(10(12)13)2-5(4-17)9(18-7)11(14,15)16/h2,10H,3H2,1H3. The van der Waals surface area contributed by atoms with Crippen LogP contribution in [0.25, 0.3) is 0 Å². The molecule has 4 nitrogen and oxygen atoms in total. The summed E-state index contributed by atoms with van der Waals surface area (Å²) in [7, 11) is 0.957. The summed E-state index contributed by atoms with van der Waals surface area (Å²) in [4.78, 5) is 14.0. The van der Waals surface area contributed by atoms with Gasteiger partial charge in [-0.3, -0.25) is 4.79 Å². The van der Waals surface area contributed by atoms with Crippen LogP contribution >= 0.6 is 0 Å². The Hall–Kier alpha value is -2.24. The summed E-state index contributed by atoms with van der Waals surface area (Å²) in [5, 5.41) is 8.58.